The lowest BCUT2D eigenvalue weighted by Crippen LogP contribution is -2.47. The van der Waals surface area contributed by atoms with Crippen molar-refractivity contribution in [2.24, 2.45) is 0 Å². The fraction of sp³-hybridized carbons (Fsp3) is 1.00. The standard InChI is InChI=1S/C17H36N2O2/c1-16(2,3)20-14-7-8-18-9-11-19(12-10-18)13-15-21-17(4,5)6/h7-15H2,1-6H3. The summed E-state index contributed by atoms with van der Waals surface area (Å²) in [5.74, 6) is 0. The van der Waals surface area contributed by atoms with Crippen molar-refractivity contribution in [2.75, 3.05) is 52.5 Å². The van der Waals surface area contributed by atoms with Crippen LogP contribution in [0.4, 0.5) is 0 Å². The van der Waals surface area contributed by atoms with E-state index in [-0.39, 0.29) is 11.2 Å². The van der Waals surface area contributed by atoms with Gasteiger partial charge in [0, 0.05) is 45.9 Å². The third-order valence-electron chi connectivity index (χ3n) is 3.56. The van der Waals surface area contributed by atoms with Crippen molar-refractivity contribution in [2.45, 2.75) is 59.2 Å². The van der Waals surface area contributed by atoms with Crippen LogP contribution in [0.25, 0.3) is 0 Å². The highest BCUT2D eigenvalue weighted by molar-refractivity contribution is 4.72. The Balaban J connectivity index is 2.04. The maximum Gasteiger partial charge on any atom is 0.0600 e. The number of hydrogen-bond donors (Lipinski definition) is 0. The molecule has 0 radical (unpaired) electrons. The summed E-state index contributed by atoms with van der Waals surface area (Å²) in [7, 11) is 0. The van der Waals surface area contributed by atoms with Gasteiger partial charge in [-0.25, -0.2) is 0 Å². The molecule has 1 aliphatic rings. The molecule has 0 unspecified atom stereocenters. The summed E-state index contributed by atoms with van der Waals surface area (Å²) >= 11 is 0. The van der Waals surface area contributed by atoms with Crippen LogP contribution in [0.3, 0.4) is 0 Å². The lowest BCUT2D eigenvalue weighted by molar-refractivity contribution is -0.0201. The van der Waals surface area contributed by atoms with Crippen LogP contribution in [0.15, 0.2) is 0 Å². The fourth-order valence-electron chi connectivity index (χ4n) is 2.38. The highest BCUT2D eigenvalue weighted by Crippen LogP contribution is 2.09. The van der Waals surface area contributed by atoms with E-state index in [0.717, 1.165) is 45.8 Å². The second kappa shape index (κ2) is 8.47. The van der Waals surface area contributed by atoms with Crippen LogP contribution in [-0.4, -0.2) is 73.5 Å². The number of rotatable bonds is 7. The zero-order valence-corrected chi connectivity index (χ0v) is 15.1. The molecule has 0 aromatic carbocycles. The SMILES string of the molecule is CC(C)(C)OCCCN1CCN(CCOC(C)(C)C)CC1. The van der Waals surface area contributed by atoms with E-state index in [0.29, 0.717) is 0 Å². The predicted octanol–water partition coefficient (Wildman–Crippen LogP) is 2.62. The van der Waals surface area contributed by atoms with Crippen molar-refractivity contribution in [3.05, 3.63) is 0 Å². The van der Waals surface area contributed by atoms with E-state index >= 15 is 0 Å². The van der Waals surface area contributed by atoms with E-state index in [1.165, 1.54) is 13.1 Å². The smallest absolute Gasteiger partial charge is 0.0600 e. The summed E-state index contributed by atoms with van der Waals surface area (Å²) in [5, 5.41) is 0. The molecule has 0 N–H and O–H groups in total. The molecule has 4 nitrogen and oxygen atoms in total. The van der Waals surface area contributed by atoms with Gasteiger partial charge in [0.1, 0.15) is 0 Å². The predicted molar refractivity (Wildman–Crippen MR) is 88.9 cm³/mol. The molecular formula is C17H36N2O2. The van der Waals surface area contributed by atoms with Crippen LogP contribution < -0.4 is 0 Å². The summed E-state index contributed by atoms with van der Waals surface area (Å²) in [6, 6.07) is 0. The summed E-state index contributed by atoms with van der Waals surface area (Å²) in [5.41, 5.74) is -0.0272. The van der Waals surface area contributed by atoms with Gasteiger partial charge in [-0.2, -0.15) is 0 Å². The van der Waals surface area contributed by atoms with Crippen molar-refractivity contribution in [1.82, 2.24) is 9.80 Å². The third kappa shape index (κ3) is 10.2. The Morgan fingerprint density at radius 1 is 0.667 bits per heavy atom. The van der Waals surface area contributed by atoms with Crippen LogP contribution in [0, 0.1) is 0 Å². The molecule has 0 spiro atoms. The quantitative estimate of drug-likeness (QED) is 0.675. The molecule has 1 heterocycles. The minimum atomic E-state index is -0.0190. The van der Waals surface area contributed by atoms with Crippen LogP contribution >= 0.6 is 0 Å². The monoisotopic (exact) mass is 300 g/mol. The first-order valence-electron chi connectivity index (χ1n) is 8.38. The molecule has 1 saturated heterocycles. The first-order chi connectivity index (χ1) is 9.66. The van der Waals surface area contributed by atoms with Crippen LogP contribution in [0.2, 0.25) is 0 Å². The fourth-order valence-corrected chi connectivity index (χ4v) is 2.38. The molecule has 4 heteroatoms. The molecule has 1 fully saturated rings. The van der Waals surface area contributed by atoms with Gasteiger partial charge in [0.25, 0.3) is 0 Å². The van der Waals surface area contributed by atoms with E-state index in [1.807, 2.05) is 0 Å². The molecule has 0 aliphatic carbocycles. The van der Waals surface area contributed by atoms with E-state index in [1.54, 1.807) is 0 Å². The lowest BCUT2D eigenvalue weighted by atomic mass is 10.2. The van der Waals surface area contributed by atoms with Gasteiger partial charge in [0.2, 0.25) is 0 Å². The maximum absolute atomic E-state index is 5.80. The molecule has 0 amide bonds. The minimum Gasteiger partial charge on any atom is -0.376 e. The van der Waals surface area contributed by atoms with Crippen molar-refractivity contribution in [1.29, 1.82) is 0 Å². The van der Waals surface area contributed by atoms with E-state index < -0.39 is 0 Å². The molecule has 1 aliphatic heterocycles. The molecule has 0 saturated carbocycles. The number of nitrogens with zero attached hydrogens (tertiary/aromatic N) is 2. The van der Waals surface area contributed by atoms with Gasteiger partial charge in [-0.05, 0) is 48.0 Å². The van der Waals surface area contributed by atoms with Crippen LogP contribution in [-0.2, 0) is 9.47 Å². The molecule has 126 valence electrons. The highest BCUT2D eigenvalue weighted by atomic mass is 16.5. The zero-order valence-electron chi connectivity index (χ0n) is 15.1. The van der Waals surface area contributed by atoms with Gasteiger partial charge < -0.3 is 14.4 Å². The lowest BCUT2D eigenvalue weighted by Gasteiger charge is -2.35. The Morgan fingerprint density at radius 2 is 1.10 bits per heavy atom. The van der Waals surface area contributed by atoms with Gasteiger partial charge in [-0.1, -0.05) is 0 Å². The van der Waals surface area contributed by atoms with Crippen molar-refractivity contribution < 1.29 is 9.47 Å². The molecule has 0 atom stereocenters. The van der Waals surface area contributed by atoms with Gasteiger partial charge in [-0.3, -0.25) is 4.90 Å². The van der Waals surface area contributed by atoms with Crippen molar-refractivity contribution in [3.63, 3.8) is 0 Å². The van der Waals surface area contributed by atoms with E-state index in [2.05, 4.69) is 51.3 Å². The van der Waals surface area contributed by atoms with Gasteiger partial charge in [0.05, 0.1) is 17.8 Å². The Kier molecular flexibility index (Phi) is 7.62. The number of piperazine rings is 1. The largest absolute Gasteiger partial charge is 0.376 e. The van der Waals surface area contributed by atoms with Crippen LogP contribution in [0.5, 0.6) is 0 Å². The van der Waals surface area contributed by atoms with Crippen LogP contribution in [0.1, 0.15) is 48.0 Å². The summed E-state index contributed by atoms with van der Waals surface area (Å²) < 4.78 is 11.6. The number of ether oxygens (including phenoxy) is 2. The average Bonchev–Trinajstić information content (AvgIpc) is 2.34. The molecule has 0 aromatic heterocycles. The van der Waals surface area contributed by atoms with Gasteiger partial charge in [-0.15, -0.1) is 0 Å². The highest BCUT2D eigenvalue weighted by Gasteiger charge is 2.18. The Labute approximate surface area is 131 Å². The Morgan fingerprint density at radius 3 is 1.57 bits per heavy atom. The average molecular weight is 300 g/mol. The molecule has 0 bridgehead atoms. The zero-order chi connectivity index (χ0) is 15.9. The topological polar surface area (TPSA) is 24.9 Å². The summed E-state index contributed by atoms with van der Waals surface area (Å²) in [6.07, 6.45) is 1.13. The van der Waals surface area contributed by atoms with Crippen molar-refractivity contribution in [3.8, 4) is 0 Å². The maximum atomic E-state index is 5.80. The van der Waals surface area contributed by atoms with E-state index in [4.69, 9.17) is 9.47 Å². The second-order valence-electron chi connectivity index (χ2n) is 7.96. The summed E-state index contributed by atoms with van der Waals surface area (Å²) in [6.45, 7) is 21.3. The third-order valence-corrected chi connectivity index (χ3v) is 3.56. The second-order valence-corrected chi connectivity index (χ2v) is 7.96. The molecular weight excluding hydrogens is 264 g/mol. The molecule has 1 rings (SSSR count). The Bertz CT molecular complexity index is 273. The van der Waals surface area contributed by atoms with E-state index in [9.17, 15) is 0 Å². The minimum absolute atomic E-state index is 0.00818. The van der Waals surface area contributed by atoms with Gasteiger partial charge >= 0.3 is 0 Å². The Hall–Kier alpha value is -0.160. The number of hydrogen-bond acceptors (Lipinski definition) is 4. The first-order valence-corrected chi connectivity index (χ1v) is 8.38. The normalized spacial score (nSPS) is 19.1. The molecule has 21 heavy (non-hydrogen) atoms. The van der Waals surface area contributed by atoms with Gasteiger partial charge in [0.15, 0.2) is 0 Å². The summed E-state index contributed by atoms with van der Waals surface area (Å²) in [4.78, 5) is 5.06. The first kappa shape index (κ1) is 18.9. The molecule has 0 aromatic rings. The van der Waals surface area contributed by atoms with Crippen molar-refractivity contribution >= 4 is 0 Å².